The molecule has 0 aliphatic heterocycles. The number of rotatable bonds is 6. The number of anilines is 1. The average molecular weight is 233 g/mol. The Hall–Kier alpha value is -1.09. The first-order valence-corrected chi connectivity index (χ1v) is 6.69. The Kier molecular flexibility index (Phi) is 4.00. The highest BCUT2D eigenvalue weighted by Crippen LogP contribution is 2.31. The zero-order chi connectivity index (χ0) is 12.3. The standard InChI is InChI=1S/C14H23N3/c1-3-4-7-17(13-5-6-13)14-9-12(10-15)8-11(2)16-14/h8-9,13H,3-7,10,15H2,1-2H3. The van der Waals surface area contributed by atoms with Gasteiger partial charge in [-0.3, -0.25) is 0 Å². The fourth-order valence-electron chi connectivity index (χ4n) is 2.18. The average Bonchev–Trinajstić information content (AvgIpc) is 3.13. The molecule has 2 N–H and O–H groups in total. The normalized spacial score (nSPS) is 15.0. The van der Waals surface area contributed by atoms with Gasteiger partial charge in [0.1, 0.15) is 5.82 Å². The summed E-state index contributed by atoms with van der Waals surface area (Å²) in [5.41, 5.74) is 8.00. The Balaban J connectivity index is 2.18. The fourth-order valence-corrected chi connectivity index (χ4v) is 2.18. The topological polar surface area (TPSA) is 42.1 Å². The van der Waals surface area contributed by atoms with Gasteiger partial charge in [-0.25, -0.2) is 4.98 Å². The molecule has 3 heteroatoms. The minimum absolute atomic E-state index is 0.600. The van der Waals surface area contributed by atoms with Crippen LogP contribution in [0.2, 0.25) is 0 Å². The molecule has 0 aromatic carbocycles. The molecule has 1 aliphatic carbocycles. The molecular weight excluding hydrogens is 210 g/mol. The van der Waals surface area contributed by atoms with Crippen molar-refractivity contribution in [3.8, 4) is 0 Å². The summed E-state index contributed by atoms with van der Waals surface area (Å²) < 4.78 is 0. The fraction of sp³-hybridized carbons (Fsp3) is 0.643. The van der Waals surface area contributed by atoms with Crippen molar-refractivity contribution in [3.63, 3.8) is 0 Å². The first-order valence-electron chi connectivity index (χ1n) is 6.69. The molecule has 1 aromatic rings. The third-order valence-corrected chi connectivity index (χ3v) is 3.27. The summed E-state index contributed by atoms with van der Waals surface area (Å²) in [5.74, 6) is 1.13. The van der Waals surface area contributed by atoms with Gasteiger partial charge in [0.25, 0.3) is 0 Å². The van der Waals surface area contributed by atoms with Gasteiger partial charge in [-0.15, -0.1) is 0 Å². The van der Waals surface area contributed by atoms with E-state index >= 15 is 0 Å². The molecule has 1 aromatic heterocycles. The Morgan fingerprint density at radius 1 is 1.41 bits per heavy atom. The summed E-state index contributed by atoms with van der Waals surface area (Å²) in [5, 5.41) is 0. The molecule has 0 bridgehead atoms. The van der Waals surface area contributed by atoms with Crippen LogP contribution in [0.1, 0.15) is 43.9 Å². The molecule has 1 aliphatic rings. The van der Waals surface area contributed by atoms with Crippen molar-refractivity contribution < 1.29 is 0 Å². The molecular formula is C14H23N3. The number of unbranched alkanes of at least 4 members (excludes halogenated alkanes) is 1. The number of aryl methyl sites for hydroxylation is 1. The monoisotopic (exact) mass is 233 g/mol. The van der Waals surface area contributed by atoms with Crippen molar-refractivity contribution in [2.24, 2.45) is 5.73 Å². The van der Waals surface area contributed by atoms with Gasteiger partial charge in [-0.1, -0.05) is 13.3 Å². The van der Waals surface area contributed by atoms with Crippen molar-refractivity contribution in [1.29, 1.82) is 0 Å². The summed E-state index contributed by atoms with van der Waals surface area (Å²) >= 11 is 0. The maximum absolute atomic E-state index is 5.73. The van der Waals surface area contributed by atoms with Crippen LogP contribution in [-0.2, 0) is 6.54 Å². The van der Waals surface area contributed by atoms with Crippen LogP contribution in [0.3, 0.4) is 0 Å². The minimum Gasteiger partial charge on any atom is -0.354 e. The number of hydrogen-bond donors (Lipinski definition) is 1. The van der Waals surface area contributed by atoms with Crippen LogP contribution < -0.4 is 10.6 Å². The highest BCUT2D eigenvalue weighted by Gasteiger charge is 2.29. The number of pyridine rings is 1. The molecule has 0 amide bonds. The minimum atomic E-state index is 0.600. The van der Waals surface area contributed by atoms with Crippen LogP contribution in [0.4, 0.5) is 5.82 Å². The molecule has 17 heavy (non-hydrogen) atoms. The van der Waals surface area contributed by atoms with E-state index in [1.807, 2.05) is 6.92 Å². The van der Waals surface area contributed by atoms with Gasteiger partial charge in [0, 0.05) is 24.8 Å². The van der Waals surface area contributed by atoms with Crippen LogP contribution >= 0.6 is 0 Å². The smallest absolute Gasteiger partial charge is 0.129 e. The zero-order valence-corrected chi connectivity index (χ0v) is 10.9. The van der Waals surface area contributed by atoms with Crippen molar-refractivity contribution in [2.75, 3.05) is 11.4 Å². The van der Waals surface area contributed by atoms with E-state index in [1.165, 1.54) is 31.2 Å². The van der Waals surface area contributed by atoms with Gasteiger partial charge >= 0.3 is 0 Å². The maximum Gasteiger partial charge on any atom is 0.129 e. The van der Waals surface area contributed by atoms with Gasteiger partial charge in [-0.2, -0.15) is 0 Å². The second-order valence-electron chi connectivity index (χ2n) is 4.96. The lowest BCUT2D eigenvalue weighted by molar-refractivity contribution is 0.703. The lowest BCUT2D eigenvalue weighted by atomic mass is 10.2. The SMILES string of the molecule is CCCCN(c1cc(CN)cc(C)n1)C1CC1. The maximum atomic E-state index is 5.73. The molecule has 2 rings (SSSR count). The third kappa shape index (κ3) is 3.19. The van der Waals surface area contributed by atoms with Crippen LogP contribution in [0, 0.1) is 6.92 Å². The largest absolute Gasteiger partial charge is 0.354 e. The van der Waals surface area contributed by atoms with E-state index in [2.05, 4.69) is 28.9 Å². The van der Waals surface area contributed by atoms with Crippen LogP contribution in [0.15, 0.2) is 12.1 Å². The predicted octanol–water partition coefficient (Wildman–Crippen LogP) is 2.62. The summed E-state index contributed by atoms with van der Waals surface area (Å²) in [6.45, 7) is 6.01. The molecule has 1 heterocycles. The van der Waals surface area contributed by atoms with Gasteiger partial charge < -0.3 is 10.6 Å². The quantitative estimate of drug-likeness (QED) is 0.821. The molecule has 1 fully saturated rings. The summed E-state index contributed by atoms with van der Waals surface area (Å²) in [4.78, 5) is 7.13. The van der Waals surface area contributed by atoms with Crippen molar-refractivity contribution >= 4 is 5.82 Å². The number of hydrogen-bond acceptors (Lipinski definition) is 3. The molecule has 0 spiro atoms. The van der Waals surface area contributed by atoms with Crippen molar-refractivity contribution in [3.05, 3.63) is 23.4 Å². The zero-order valence-electron chi connectivity index (χ0n) is 10.9. The Morgan fingerprint density at radius 3 is 2.76 bits per heavy atom. The van der Waals surface area contributed by atoms with Gasteiger partial charge in [0.2, 0.25) is 0 Å². The first kappa shape index (κ1) is 12.4. The first-order chi connectivity index (χ1) is 8.24. The molecule has 1 saturated carbocycles. The highest BCUT2D eigenvalue weighted by atomic mass is 15.2. The lowest BCUT2D eigenvalue weighted by Gasteiger charge is -2.24. The van der Waals surface area contributed by atoms with E-state index in [0.717, 1.165) is 24.1 Å². The Morgan fingerprint density at radius 2 is 2.18 bits per heavy atom. The van der Waals surface area contributed by atoms with Crippen molar-refractivity contribution in [2.45, 2.75) is 52.1 Å². The van der Waals surface area contributed by atoms with E-state index in [0.29, 0.717) is 6.54 Å². The van der Waals surface area contributed by atoms with Crippen molar-refractivity contribution in [1.82, 2.24) is 4.98 Å². The lowest BCUT2D eigenvalue weighted by Crippen LogP contribution is -2.28. The van der Waals surface area contributed by atoms with Gasteiger partial charge in [0.05, 0.1) is 0 Å². The molecule has 3 nitrogen and oxygen atoms in total. The van der Waals surface area contributed by atoms with E-state index in [4.69, 9.17) is 5.73 Å². The van der Waals surface area contributed by atoms with Gasteiger partial charge in [-0.05, 0) is 43.9 Å². The Bertz CT molecular complexity index is 372. The predicted molar refractivity (Wildman–Crippen MR) is 72.1 cm³/mol. The molecule has 0 radical (unpaired) electrons. The van der Waals surface area contributed by atoms with Crippen LogP contribution in [0.25, 0.3) is 0 Å². The number of aromatic nitrogens is 1. The second-order valence-corrected chi connectivity index (χ2v) is 4.96. The number of nitrogens with two attached hydrogens (primary N) is 1. The number of nitrogens with zero attached hydrogens (tertiary/aromatic N) is 2. The highest BCUT2D eigenvalue weighted by molar-refractivity contribution is 5.45. The molecule has 0 unspecified atom stereocenters. The van der Waals surface area contributed by atoms with E-state index < -0.39 is 0 Å². The molecule has 94 valence electrons. The van der Waals surface area contributed by atoms with Crippen LogP contribution in [0.5, 0.6) is 0 Å². The van der Waals surface area contributed by atoms with E-state index in [9.17, 15) is 0 Å². The summed E-state index contributed by atoms with van der Waals surface area (Å²) in [6, 6.07) is 4.96. The summed E-state index contributed by atoms with van der Waals surface area (Å²) in [6.07, 6.45) is 5.11. The van der Waals surface area contributed by atoms with E-state index in [1.54, 1.807) is 0 Å². The molecule has 0 atom stereocenters. The van der Waals surface area contributed by atoms with E-state index in [-0.39, 0.29) is 0 Å². The third-order valence-electron chi connectivity index (χ3n) is 3.27. The van der Waals surface area contributed by atoms with Gasteiger partial charge in [0.15, 0.2) is 0 Å². The second kappa shape index (κ2) is 5.50. The summed E-state index contributed by atoms with van der Waals surface area (Å²) in [7, 11) is 0. The van der Waals surface area contributed by atoms with Crippen LogP contribution in [-0.4, -0.2) is 17.6 Å². The molecule has 0 saturated heterocycles. The Labute approximate surface area is 104 Å².